The van der Waals surface area contributed by atoms with Crippen molar-refractivity contribution in [2.24, 2.45) is 0 Å². The molecule has 21 heavy (non-hydrogen) atoms. The summed E-state index contributed by atoms with van der Waals surface area (Å²) in [6, 6.07) is 7.02. The van der Waals surface area contributed by atoms with Gasteiger partial charge in [-0.25, -0.2) is 9.59 Å². The van der Waals surface area contributed by atoms with Crippen molar-refractivity contribution in [1.29, 1.82) is 0 Å². The Kier molecular flexibility index (Phi) is 4.55. The number of benzene rings is 1. The molecule has 7 nitrogen and oxygen atoms in total. The SMILES string of the molecule is CN(Cc1cn[nH]c1)C(=O)N[C@@H](C(=O)O)c1ccccc1. The highest BCUT2D eigenvalue weighted by Gasteiger charge is 2.23. The molecule has 110 valence electrons. The van der Waals surface area contributed by atoms with E-state index in [9.17, 15) is 14.7 Å². The van der Waals surface area contributed by atoms with E-state index in [0.29, 0.717) is 12.1 Å². The zero-order valence-corrected chi connectivity index (χ0v) is 11.5. The molecule has 2 amide bonds. The number of rotatable bonds is 5. The van der Waals surface area contributed by atoms with E-state index in [1.54, 1.807) is 49.8 Å². The standard InChI is InChI=1S/C14H16N4O3/c1-18(9-10-7-15-16-8-10)14(21)17-12(13(19)20)11-5-3-2-4-6-11/h2-8,12H,9H2,1H3,(H,15,16)(H,17,21)(H,19,20)/t12-/m1/s1. The van der Waals surface area contributed by atoms with Crippen LogP contribution in [0.5, 0.6) is 0 Å². The van der Waals surface area contributed by atoms with Crippen LogP contribution in [-0.2, 0) is 11.3 Å². The largest absolute Gasteiger partial charge is 0.479 e. The highest BCUT2D eigenvalue weighted by atomic mass is 16.4. The average Bonchev–Trinajstić information content (AvgIpc) is 2.98. The summed E-state index contributed by atoms with van der Waals surface area (Å²) in [6.45, 7) is 0.337. The van der Waals surface area contributed by atoms with Crippen molar-refractivity contribution < 1.29 is 14.7 Å². The number of carboxylic acids is 1. The predicted molar refractivity (Wildman–Crippen MR) is 75.4 cm³/mol. The first kappa shape index (κ1) is 14.6. The number of carboxylic acid groups (broad SMARTS) is 1. The van der Waals surface area contributed by atoms with Crippen molar-refractivity contribution in [3.05, 3.63) is 53.9 Å². The third-order valence-corrected chi connectivity index (χ3v) is 2.97. The molecule has 0 fully saturated rings. The van der Waals surface area contributed by atoms with Gasteiger partial charge in [-0.3, -0.25) is 5.10 Å². The molecule has 0 unspecified atom stereocenters. The Balaban J connectivity index is 2.03. The van der Waals surface area contributed by atoms with Gasteiger partial charge in [0.2, 0.25) is 0 Å². The summed E-state index contributed by atoms with van der Waals surface area (Å²) < 4.78 is 0. The van der Waals surface area contributed by atoms with E-state index >= 15 is 0 Å². The Morgan fingerprint density at radius 2 is 2.10 bits per heavy atom. The number of aromatic amines is 1. The van der Waals surface area contributed by atoms with E-state index in [1.807, 2.05) is 0 Å². The molecule has 3 N–H and O–H groups in total. The number of H-pyrrole nitrogens is 1. The number of nitrogens with one attached hydrogen (secondary N) is 2. The minimum Gasteiger partial charge on any atom is -0.479 e. The van der Waals surface area contributed by atoms with Crippen molar-refractivity contribution in [3.8, 4) is 0 Å². The number of carbonyl (C=O) groups excluding carboxylic acids is 1. The molecule has 0 aliphatic heterocycles. The Hall–Kier alpha value is -2.83. The maximum absolute atomic E-state index is 12.1. The fourth-order valence-electron chi connectivity index (χ4n) is 1.88. The topological polar surface area (TPSA) is 98.3 Å². The molecule has 7 heteroatoms. The van der Waals surface area contributed by atoms with Crippen LogP contribution < -0.4 is 5.32 Å². The second-order valence-corrected chi connectivity index (χ2v) is 4.59. The molecule has 1 atom stereocenters. The molecule has 0 saturated heterocycles. The van der Waals surface area contributed by atoms with E-state index in [1.165, 1.54) is 4.90 Å². The first-order valence-corrected chi connectivity index (χ1v) is 6.35. The Morgan fingerprint density at radius 3 is 2.67 bits per heavy atom. The molecule has 2 aromatic rings. The van der Waals surface area contributed by atoms with E-state index in [2.05, 4.69) is 15.5 Å². The van der Waals surface area contributed by atoms with Crippen LogP contribution in [0.3, 0.4) is 0 Å². The molecule has 1 heterocycles. The maximum atomic E-state index is 12.1. The Morgan fingerprint density at radius 1 is 1.38 bits per heavy atom. The summed E-state index contributed by atoms with van der Waals surface area (Å²) in [6.07, 6.45) is 3.28. The normalized spacial score (nSPS) is 11.7. The van der Waals surface area contributed by atoms with Gasteiger partial charge in [0, 0.05) is 18.8 Å². The Bertz CT molecular complexity index is 598. The van der Waals surface area contributed by atoms with Crippen LogP contribution in [0.15, 0.2) is 42.7 Å². The summed E-state index contributed by atoms with van der Waals surface area (Å²) in [4.78, 5) is 24.8. The smallest absolute Gasteiger partial charge is 0.330 e. The summed E-state index contributed by atoms with van der Waals surface area (Å²) in [5, 5.41) is 18.2. The number of carbonyl (C=O) groups is 2. The minimum atomic E-state index is -1.11. The van der Waals surface area contributed by atoms with Gasteiger partial charge >= 0.3 is 12.0 Å². The lowest BCUT2D eigenvalue weighted by molar-refractivity contribution is -0.139. The molecule has 0 radical (unpaired) electrons. The molecule has 0 aliphatic rings. The number of hydrogen-bond donors (Lipinski definition) is 3. The molecule has 1 aromatic heterocycles. The van der Waals surface area contributed by atoms with Crippen molar-refractivity contribution in [2.45, 2.75) is 12.6 Å². The fraction of sp³-hybridized carbons (Fsp3) is 0.214. The summed E-state index contributed by atoms with van der Waals surface area (Å²) in [5.41, 5.74) is 1.36. The van der Waals surface area contributed by atoms with E-state index < -0.39 is 18.0 Å². The van der Waals surface area contributed by atoms with Gasteiger partial charge in [0.15, 0.2) is 6.04 Å². The molecule has 1 aromatic carbocycles. The van der Waals surface area contributed by atoms with Gasteiger partial charge in [-0.05, 0) is 5.56 Å². The van der Waals surface area contributed by atoms with E-state index in [4.69, 9.17) is 0 Å². The van der Waals surface area contributed by atoms with Crippen molar-refractivity contribution in [3.63, 3.8) is 0 Å². The Labute approximate surface area is 121 Å². The second kappa shape index (κ2) is 6.56. The van der Waals surface area contributed by atoms with Crippen LogP contribution in [-0.4, -0.2) is 39.3 Å². The van der Waals surface area contributed by atoms with Crippen LogP contribution in [0.2, 0.25) is 0 Å². The van der Waals surface area contributed by atoms with Gasteiger partial charge in [-0.15, -0.1) is 0 Å². The highest BCUT2D eigenvalue weighted by molar-refractivity contribution is 5.83. The molecule has 0 spiro atoms. The third-order valence-electron chi connectivity index (χ3n) is 2.97. The van der Waals surface area contributed by atoms with E-state index in [-0.39, 0.29) is 0 Å². The molecule has 0 bridgehead atoms. The number of amides is 2. The fourth-order valence-corrected chi connectivity index (χ4v) is 1.88. The zero-order valence-electron chi connectivity index (χ0n) is 11.5. The van der Waals surface area contributed by atoms with E-state index in [0.717, 1.165) is 5.56 Å². The van der Waals surface area contributed by atoms with Gasteiger partial charge < -0.3 is 15.3 Å². The number of urea groups is 1. The summed E-state index contributed by atoms with van der Waals surface area (Å²) >= 11 is 0. The lowest BCUT2D eigenvalue weighted by Crippen LogP contribution is -2.41. The van der Waals surface area contributed by atoms with Crippen LogP contribution in [0.4, 0.5) is 4.79 Å². The predicted octanol–water partition coefficient (Wildman–Crippen LogP) is 1.38. The summed E-state index contributed by atoms with van der Waals surface area (Å²) in [5.74, 6) is -1.11. The molecule has 0 aliphatic carbocycles. The summed E-state index contributed by atoms with van der Waals surface area (Å²) in [7, 11) is 1.59. The highest BCUT2D eigenvalue weighted by Crippen LogP contribution is 2.13. The monoisotopic (exact) mass is 288 g/mol. The number of hydrogen-bond acceptors (Lipinski definition) is 3. The molecule has 0 saturated carbocycles. The lowest BCUT2D eigenvalue weighted by Gasteiger charge is -2.21. The first-order valence-electron chi connectivity index (χ1n) is 6.35. The van der Waals surface area contributed by atoms with Crippen LogP contribution in [0, 0.1) is 0 Å². The minimum absolute atomic E-state index is 0.337. The average molecular weight is 288 g/mol. The van der Waals surface area contributed by atoms with Crippen molar-refractivity contribution in [2.75, 3.05) is 7.05 Å². The van der Waals surface area contributed by atoms with Crippen molar-refractivity contribution in [1.82, 2.24) is 20.4 Å². The van der Waals surface area contributed by atoms with Gasteiger partial charge in [-0.1, -0.05) is 30.3 Å². The van der Waals surface area contributed by atoms with Gasteiger partial charge in [0.05, 0.1) is 12.7 Å². The first-order chi connectivity index (χ1) is 10.1. The molecular formula is C14H16N4O3. The second-order valence-electron chi connectivity index (χ2n) is 4.59. The zero-order chi connectivity index (χ0) is 15.2. The lowest BCUT2D eigenvalue weighted by atomic mass is 10.1. The van der Waals surface area contributed by atoms with Gasteiger partial charge in [0.1, 0.15) is 0 Å². The quantitative estimate of drug-likeness (QED) is 0.774. The number of aliphatic carboxylic acids is 1. The number of aromatic nitrogens is 2. The third kappa shape index (κ3) is 3.82. The molecular weight excluding hydrogens is 272 g/mol. The van der Waals surface area contributed by atoms with Gasteiger partial charge in [-0.2, -0.15) is 5.10 Å². The van der Waals surface area contributed by atoms with Gasteiger partial charge in [0.25, 0.3) is 0 Å². The van der Waals surface area contributed by atoms with Crippen molar-refractivity contribution >= 4 is 12.0 Å². The number of nitrogens with zero attached hydrogens (tertiary/aromatic N) is 2. The molecule has 2 rings (SSSR count). The van der Waals surface area contributed by atoms with Crippen LogP contribution in [0.25, 0.3) is 0 Å². The maximum Gasteiger partial charge on any atom is 0.330 e. The van der Waals surface area contributed by atoms with Crippen LogP contribution in [0.1, 0.15) is 17.2 Å². The van der Waals surface area contributed by atoms with Crippen LogP contribution >= 0.6 is 0 Å².